The van der Waals surface area contributed by atoms with Gasteiger partial charge in [-0.05, 0) is 34.7 Å². The van der Waals surface area contributed by atoms with Gasteiger partial charge in [0.05, 0.1) is 27.9 Å². The summed E-state index contributed by atoms with van der Waals surface area (Å²) in [6.45, 7) is 0. The SMILES string of the molecule is c1ccc(-c2nc3ccccc3nc2-c2ccc(-c3ccc4c(c3)ncc3ccccc34)cc2)cc1. The van der Waals surface area contributed by atoms with E-state index < -0.39 is 0 Å². The van der Waals surface area contributed by atoms with Crippen molar-refractivity contribution in [2.24, 2.45) is 0 Å². The molecule has 0 aliphatic rings. The molecule has 0 unspecified atom stereocenters. The molecule has 0 amide bonds. The maximum Gasteiger partial charge on any atom is 0.0973 e. The molecule has 0 N–H and O–H groups in total. The number of fused-ring (bicyclic) bond motifs is 4. The van der Waals surface area contributed by atoms with Crippen LogP contribution in [-0.4, -0.2) is 15.0 Å². The zero-order valence-electron chi connectivity index (χ0n) is 19.5. The van der Waals surface area contributed by atoms with Crippen molar-refractivity contribution in [2.75, 3.05) is 0 Å². The van der Waals surface area contributed by atoms with E-state index in [1.54, 1.807) is 0 Å². The van der Waals surface area contributed by atoms with E-state index in [0.717, 1.165) is 55.6 Å². The Labute approximate surface area is 208 Å². The standard InChI is InChI=1S/C33H21N3/c1-2-8-23(9-3-1)32-33(36-30-13-7-6-12-29(30)35-32)24-16-14-22(15-17-24)25-18-19-28-27-11-5-4-10-26(27)21-34-31(28)20-25/h1-21H. The molecule has 0 spiro atoms. The summed E-state index contributed by atoms with van der Waals surface area (Å²) in [5.41, 5.74) is 8.96. The molecular formula is C33H21N3. The van der Waals surface area contributed by atoms with Crippen LogP contribution < -0.4 is 0 Å². The van der Waals surface area contributed by atoms with E-state index >= 15 is 0 Å². The Kier molecular flexibility index (Phi) is 4.78. The van der Waals surface area contributed by atoms with Crippen LogP contribution in [0.15, 0.2) is 128 Å². The minimum atomic E-state index is 0.887. The normalized spacial score (nSPS) is 11.3. The van der Waals surface area contributed by atoms with Crippen LogP contribution in [0, 0.1) is 0 Å². The molecule has 2 aromatic heterocycles. The van der Waals surface area contributed by atoms with Crippen molar-refractivity contribution in [3.63, 3.8) is 0 Å². The molecule has 0 saturated heterocycles. The smallest absolute Gasteiger partial charge is 0.0973 e. The molecule has 3 nitrogen and oxygen atoms in total. The van der Waals surface area contributed by atoms with E-state index in [1.807, 2.05) is 48.7 Å². The second-order valence-corrected chi connectivity index (χ2v) is 8.93. The van der Waals surface area contributed by atoms with E-state index in [0.29, 0.717) is 0 Å². The quantitative estimate of drug-likeness (QED) is 0.249. The monoisotopic (exact) mass is 459 g/mol. The van der Waals surface area contributed by atoms with Gasteiger partial charge in [0.1, 0.15) is 0 Å². The first-order valence-corrected chi connectivity index (χ1v) is 12.0. The van der Waals surface area contributed by atoms with Crippen LogP contribution in [0.25, 0.3) is 66.4 Å². The van der Waals surface area contributed by atoms with Crippen LogP contribution in [0.2, 0.25) is 0 Å². The lowest BCUT2D eigenvalue weighted by molar-refractivity contribution is 1.29. The largest absolute Gasteiger partial charge is 0.256 e. The van der Waals surface area contributed by atoms with Crippen LogP contribution in [0.1, 0.15) is 0 Å². The van der Waals surface area contributed by atoms with Crippen molar-refractivity contribution in [3.8, 4) is 33.6 Å². The van der Waals surface area contributed by atoms with Crippen LogP contribution in [-0.2, 0) is 0 Å². The zero-order chi connectivity index (χ0) is 23.9. The molecule has 0 saturated carbocycles. The molecule has 5 aromatic carbocycles. The molecule has 7 rings (SSSR count). The summed E-state index contributed by atoms with van der Waals surface area (Å²) in [5.74, 6) is 0. The molecule has 36 heavy (non-hydrogen) atoms. The van der Waals surface area contributed by atoms with Gasteiger partial charge in [-0.3, -0.25) is 4.98 Å². The Morgan fingerprint density at radius 1 is 0.389 bits per heavy atom. The molecule has 3 heteroatoms. The van der Waals surface area contributed by atoms with Gasteiger partial charge in [-0.2, -0.15) is 0 Å². The average molecular weight is 460 g/mol. The Hall–Kier alpha value is -4.89. The minimum Gasteiger partial charge on any atom is -0.256 e. The van der Waals surface area contributed by atoms with Crippen molar-refractivity contribution >= 4 is 32.7 Å². The highest BCUT2D eigenvalue weighted by Crippen LogP contribution is 2.33. The topological polar surface area (TPSA) is 38.7 Å². The number of aromatic nitrogens is 3. The van der Waals surface area contributed by atoms with Crippen LogP contribution >= 0.6 is 0 Å². The second-order valence-electron chi connectivity index (χ2n) is 8.93. The zero-order valence-corrected chi connectivity index (χ0v) is 19.5. The van der Waals surface area contributed by atoms with E-state index in [-0.39, 0.29) is 0 Å². The highest BCUT2D eigenvalue weighted by Gasteiger charge is 2.13. The number of hydrogen-bond donors (Lipinski definition) is 0. The Balaban J connectivity index is 1.32. The highest BCUT2D eigenvalue weighted by molar-refractivity contribution is 6.06. The number of para-hydroxylation sites is 2. The fourth-order valence-corrected chi connectivity index (χ4v) is 4.86. The molecule has 2 heterocycles. The van der Waals surface area contributed by atoms with Gasteiger partial charge in [0.2, 0.25) is 0 Å². The fourth-order valence-electron chi connectivity index (χ4n) is 4.86. The Bertz CT molecular complexity index is 1870. The van der Waals surface area contributed by atoms with Crippen LogP contribution in [0.3, 0.4) is 0 Å². The Morgan fingerprint density at radius 2 is 0.972 bits per heavy atom. The third kappa shape index (κ3) is 3.50. The first-order chi connectivity index (χ1) is 17.8. The fraction of sp³-hybridized carbons (Fsp3) is 0. The van der Waals surface area contributed by atoms with E-state index in [1.165, 1.54) is 10.8 Å². The number of benzene rings is 5. The third-order valence-corrected chi connectivity index (χ3v) is 6.70. The first-order valence-electron chi connectivity index (χ1n) is 12.0. The maximum absolute atomic E-state index is 5.02. The van der Waals surface area contributed by atoms with Crippen molar-refractivity contribution < 1.29 is 0 Å². The molecule has 0 bridgehead atoms. The second kappa shape index (κ2) is 8.40. The Morgan fingerprint density at radius 3 is 1.72 bits per heavy atom. The maximum atomic E-state index is 5.02. The van der Waals surface area contributed by atoms with Gasteiger partial charge >= 0.3 is 0 Å². The molecule has 0 radical (unpaired) electrons. The van der Waals surface area contributed by atoms with Gasteiger partial charge in [-0.1, -0.05) is 103 Å². The molecular weight excluding hydrogens is 438 g/mol. The average Bonchev–Trinajstić information content (AvgIpc) is 2.96. The van der Waals surface area contributed by atoms with Gasteiger partial charge in [0.15, 0.2) is 0 Å². The van der Waals surface area contributed by atoms with Gasteiger partial charge < -0.3 is 0 Å². The molecule has 0 atom stereocenters. The van der Waals surface area contributed by atoms with Gasteiger partial charge in [0, 0.05) is 28.1 Å². The molecule has 0 aliphatic carbocycles. The summed E-state index contributed by atoms with van der Waals surface area (Å²) in [7, 11) is 0. The van der Waals surface area contributed by atoms with Crippen LogP contribution in [0.4, 0.5) is 0 Å². The first kappa shape index (κ1) is 20.5. The van der Waals surface area contributed by atoms with Gasteiger partial charge in [0.25, 0.3) is 0 Å². The van der Waals surface area contributed by atoms with E-state index in [2.05, 4.69) is 78.9 Å². The summed E-state index contributed by atoms with van der Waals surface area (Å²) in [6, 6.07) is 41.8. The summed E-state index contributed by atoms with van der Waals surface area (Å²) in [6.07, 6.45) is 1.95. The van der Waals surface area contributed by atoms with Gasteiger partial charge in [-0.25, -0.2) is 9.97 Å². The van der Waals surface area contributed by atoms with E-state index in [9.17, 15) is 0 Å². The highest BCUT2D eigenvalue weighted by atomic mass is 14.8. The molecule has 0 fully saturated rings. The lowest BCUT2D eigenvalue weighted by Gasteiger charge is -2.11. The number of rotatable bonds is 3. The van der Waals surface area contributed by atoms with Crippen molar-refractivity contribution in [1.29, 1.82) is 0 Å². The predicted molar refractivity (Wildman–Crippen MR) is 149 cm³/mol. The minimum absolute atomic E-state index is 0.887. The van der Waals surface area contributed by atoms with Crippen molar-refractivity contribution in [3.05, 3.63) is 128 Å². The summed E-state index contributed by atoms with van der Waals surface area (Å²) >= 11 is 0. The number of hydrogen-bond acceptors (Lipinski definition) is 3. The molecule has 168 valence electrons. The van der Waals surface area contributed by atoms with Crippen molar-refractivity contribution in [2.45, 2.75) is 0 Å². The third-order valence-electron chi connectivity index (χ3n) is 6.70. The van der Waals surface area contributed by atoms with Gasteiger partial charge in [-0.15, -0.1) is 0 Å². The van der Waals surface area contributed by atoms with E-state index in [4.69, 9.17) is 15.0 Å². The molecule has 0 aliphatic heterocycles. The molecule has 7 aromatic rings. The summed E-state index contributed by atoms with van der Waals surface area (Å²) < 4.78 is 0. The lowest BCUT2D eigenvalue weighted by Crippen LogP contribution is -1.95. The summed E-state index contributed by atoms with van der Waals surface area (Å²) in [5, 5.41) is 3.56. The summed E-state index contributed by atoms with van der Waals surface area (Å²) in [4.78, 5) is 14.7. The lowest BCUT2D eigenvalue weighted by atomic mass is 9.98. The predicted octanol–water partition coefficient (Wildman–Crippen LogP) is 8.33. The van der Waals surface area contributed by atoms with Crippen LogP contribution in [0.5, 0.6) is 0 Å². The number of pyridine rings is 1. The number of nitrogens with zero attached hydrogens (tertiary/aromatic N) is 3. The van der Waals surface area contributed by atoms with Crippen molar-refractivity contribution in [1.82, 2.24) is 15.0 Å².